The number of carbonyl (C=O) groups is 1. The number of nitrogens with one attached hydrogen (secondary N) is 1. The van der Waals surface area contributed by atoms with Crippen LogP contribution in [0, 0.1) is 11.5 Å². The molecule has 1 fully saturated rings. The van der Waals surface area contributed by atoms with E-state index in [1.807, 2.05) is 11.8 Å². The lowest BCUT2D eigenvalue weighted by molar-refractivity contribution is -0.119. The van der Waals surface area contributed by atoms with Crippen LogP contribution < -0.4 is 5.32 Å². The van der Waals surface area contributed by atoms with Gasteiger partial charge in [0, 0.05) is 20.0 Å². The summed E-state index contributed by atoms with van der Waals surface area (Å²) in [5.41, 5.74) is 2.46. The van der Waals surface area contributed by atoms with Crippen molar-refractivity contribution in [3.63, 3.8) is 0 Å². The van der Waals surface area contributed by atoms with Crippen molar-refractivity contribution in [3.8, 4) is 6.19 Å². The maximum atomic E-state index is 11.1. The molecular formula is C16H21N3O. The summed E-state index contributed by atoms with van der Waals surface area (Å²) in [5.74, 6) is 0.537. The SMILES string of the molecule is CC(=O)N[C@@H](C)c1ccc(C2CCN(C#N)CC2)cc1. The van der Waals surface area contributed by atoms with Crippen LogP contribution in [-0.4, -0.2) is 23.9 Å². The van der Waals surface area contributed by atoms with Gasteiger partial charge < -0.3 is 10.2 Å². The second kappa shape index (κ2) is 6.42. The molecule has 0 aromatic heterocycles. The van der Waals surface area contributed by atoms with Gasteiger partial charge in [0.15, 0.2) is 6.19 Å². The lowest BCUT2D eigenvalue weighted by atomic mass is 9.89. The Labute approximate surface area is 120 Å². The van der Waals surface area contributed by atoms with E-state index in [0.29, 0.717) is 5.92 Å². The molecular weight excluding hydrogens is 250 g/mol. The normalized spacial score (nSPS) is 17.4. The molecule has 0 saturated carbocycles. The van der Waals surface area contributed by atoms with Crippen molar-refractivity contribution >= 4 is 5.91 Å². The highest BCUT2D eigenvalue weighted by Crippen LogP contribution is 2.28. The van der Waals surface area contributed by atoms with Gasteiger partial charge >= 0.3 is 0 Å². The number of hydrogen-bond acceptors (Lipinski definition) is 3. The molecule has 1 aliphatic heterocycles. The van der Waals surface area contributed by atoms with Gasteiger partial charge in [0.2, 0.25) is 5.91 Å². The van der Waals surface area contributed by atoms with E-state index in [-0.39, 0.29) is 11.9 Å². The van der Waals surface area contributed by atoms with E-state index in [1.54, 1.807) is 0 Å². The number of amides is 1. The van der Waals surface area contributed by atoms with Gasteiger partial charge in [-0.3, -0.25) is 4.79 Å². The molecule has 4 nitrogen and oxygen atoms in total. The Morgan fingerprint density at radius 1 is 1.35 bits per heavy atom. The molecule has 2 rings (SSSR count). The van der Waals surface area contributed by atoms with Gasteiger partial charge in [-0.25, -0.2) is 0 Å². The topological polar surface area (TPSA) is 56.1 Å². The fourth-order valence-corrected chi connectivity index (χ4v) is 2.76. The number of nitrogens with zero attached hydrogens (tertiary/aromatic N) is 2. The molecule has 1 saturated heterocycles. The van der Waals surface area contributed by atoms with Crippen LogP contribution in [0.25, 0.3) is 0 Å². The molecule has 1 aliphatic rings. The first-order valence-electron chi connectivity index (χ1n) is 7.12. The lowest BCUT2D eigenvalue weighted by Crippen LogP contribution is -2.28. The third-order valence-corrected chi connectivity index (χ3v) is 3.96. The molecule has 1 heterocycles. The van der Waals surface area contributed by atoms with E-state index in [1.165, 1.54) is 12.5 Å². The van der Waals surface area contributed by atoms with Crippen molar-refractivity contribution in [1.82, 2.24) is 10.2 Å². The average Bonchev–Trinajstić information content (AvgIpc) is 2.47. The van der Waals surface area contributed by atoms with Crippen LogP contribution in [0.5, 0.6) is 0 Å². The summed E-state index contributed by atoms with van der Waals surface area (Å²) in [7, 11) is 0. The maximum Gasteiger partial charge on any atom is 0.217 e. The second-order valence-corrected chi connectivity index (χ2v) is 5.45. The number of nitriles is 1. The molecule has 106 valence electrons. The fraction of sp³-hybridized carbons (Fsp3) is 0.500. The molecule has 0 spiro atoms. The summed E-state index contributed by atoms with van der Waals surface area (Å²) in [5, 5.41) is 11.7. The summed E-state index contributed by atoms with van der Waals surface area (Å²) >= 11 is 0. The minimum absolute atomic E-state index is 0.00884. The van der Waals surface area contributed by atoms with Gasteiger partial charge in [-0.2, -0.15) is 5.26 Å². The number of likely N-dealkylation sites (tertiary alicyclic amines) is 1. The third kappa shape index (κ3) is 3.51. The molecule has 0 bridgehead atoms. The second-order valence-electron chi connectivity index (χ2n) is 5.45. The van der Waals surface area contributed by atoms with Gasteiger partial charge in [0.05, 0.1) is 6.04 Å². The number of benzene rings is 1. The van der Waals surface area contributed by atoms with E-state index >= 15 is 0 Å². The third-order valence-electron chi connectivity index (χ3n) is 3.96. The smallest absolute Gasteiger partial charge is 0.217 e. The molecule has 1 atom stereocenters. The molecule has 1 N–H and O–H groups in total. The van der Waals surface area contributed by atoms with Gasteiger partial charge in [-0.15, -0.1) is 0 Å². The first kappa shape index (κ1) is 14.4. The zero-order valence-corrected chi connectivity index (χ0v) is 12.1. The first-order valence-corrected chi connectivity index (χ1v) is 7.12. The van der Waals surface area contributed by atoms with Crippen LogP contribution >= 0.6 is 0 Å². The molecule has 20 heavy (non-hydrogen) atoms. The number of hydrogen-bond donors (Lipinski definition) is 1. The van der Waals surface area contributed by atoms with E-state index in [4.69, 9.17) is 5.26 Å². The summed E-state index contributed by atoms with van der Waals surface area (Å²) in [6.07, 6.45) is 4.28. The van der Waals surface area contributed by atoms with Crippen molar-refractivity contribution in [1.29, 1.82) is 5.26 Å². The quantitative estimate of drug-likeness (QED) is 0.860. The van der Waals surface area contributed by atoms with E-state index in [0.717, 1.165) is 31.5 Å². The van der Waals surface area contributed by atoms with Crippen LogP contribution in [-0.2, 0) is 4.79 Å². The summed E-state index contributed by atoms with van der Waals surface area (Å²) in [6, 6.07) is 8.53. The average molecular weight is 271 g/mol. The standard InChI is InChI=1S/C16H21N3O/c1-12(18-13(2)20)14-3-5-15(6-4-14)16-7-9-19(11-17)10-8-16/h3-6,12,16H,7-10H2,1-2H3,(H,18,20)/t12-/m0/s1. The molecule has 4 heteroatoms. The van der Waals surface area contributed by atoms with Crippen molar-refractivity contribution in [3.05, 3.63) is 35.4 Å². The molecule has 0 unspecified atom stereocenters. The van der Waals surface area contributed by atoms with Gasteiger partial charge in [-0.05, 0) is 36.8 Å². The zero-order valence-electron chi connectivity index (χ0n) is 12.1. The van der Waals surface area contributed by atoms with Gasteiger partial charge in [0.25, 0.3) is 0 Å². The molecule has 1 aromatic rings. The minimum atomic E-state index is -0.00884. The lowest BCUT2D eigenvalue weighted by Gasteiger charge is -2.28. The number of piperidine rings is 1. The van der Waals surface area contributed by atoms with Crippen molar-refractivity contribution in [2.45, 2.75) is 38.6 Å². The van der Waals surface area contributed by atoms with E-state index < -0.39 is 0 Å². The van der Waals surface area contributed by atoms with Gasteiger partial charge in [-0.1, -0.05) is 24.3 Å². The maximum absolute atomic E-state index is 11.1. The summed E-state index contributed by atoms with van der Waals surface area (Å²) in [4.78, 5) is 12.9. The van der Waals surface area contributed by atoms with Crippen LogP contribution in [0.1, 0.15) is 49.8 Å². The largest absolute Gasteiger partial charge is 0.350 e. The predicted octanol–water partition coefficient (Wildman–Crippen LogP) is 2.54. The summed E-state index contributed by atoms with van der Waals surface area (Å²) < 4.78 is 0. The highest BCUT2D eigenvalue weighted by molar-refractivity contribution is 5.73. The number of carbonyl (C=O) groups excluding carboxylic acids is 1. The first-order chi connectivity index (χ1) is 9.60. The number of rotatable bonds is 3. The van der Waals surface area contributed by atoms with E-state index in [9.17, 15) is 4.79 Å². The summed E-state index contributed by atoms with van der Waals surface area (Å²) in [6.45, 7) is 5.23. The zero-order chi connectivity index (χ0) is 14.5. The Kier molecular flexibility index (Phi) is 4.62. The Bertz CT molecular complexity index is 495. The highest BCUT2D eigenvalue weighted by Gasteiger charge is 2.19. The monoisotopic (exact) mass is 271 g/mol. The van der Waals surface area contributed by atoms with E-state index in [2.05, 4.69) is 35.8 Å². The van der Waals surface area contributed by atoms with Crippen LogP contribution in [0.2, 0.25) is 0 Å². The minimum Gasteiger partial charge on any atom is -0.350 e. The fourth-order valence-electron chi connectivity index (χ4n) is 2.76. The van der Waals surface area contributed by atoms with Crippen LogP contribution in [0.15, 0.2) is 24.3 Å². The Hall–Kier alpha value is -2.02. The molecule has 0 radical (unpaired) electrons. The molecule has 1 amide bonds. The molecule has 1 aromatic carbocycles. The van der Waals surface area contributed by atoms with Gasteiger partial charge in [0.1, 0.15) is 0 Å². The van der Waals surface area contributed by atoms with Crippen LogP contribution in [0.4, 0.5) is 0 Å². The molecule has 0 aliphatic carbocycles. The Morgan fingerprint density at radius 3 is 2.45 bits per heavy atom. The van der Waals surface area contributed by atoms with Crippen molar-refractivity contribution in [2.75, 3.05) is 13.1 Å². The highest BCUT2D eigenvalue weighted by atomic mass is 16.1. The van der Waals surface area contributed by atoms with Crippen LogP contribution in [0.3, 0.4) is 0 Å². The van der Waals surface area contributed by atoms with Crippen molar-refractivity contribution < 1.29 is 4.79 Å². The van der Waals surface area contributed by atoms with Crippen molar-refractivity contribution in [2.24, 2.45) is 0 Å². The Morgan fingerprint density at radius 2 is 1.95 bits per heavy atom. The predicted molar refractivity (Wildman–Crippen MR) is 77.8 cm³/mol. The Balaban J connectivity index is 1.98.